The van der Waals surface area contributed by atoms with Crippen LogP contribution in [0.3, 0.4) is 0 Å². The standard InChI is InChI=1S/C25H37NO2.C20H29NO2/c1-24-14-15-26(3)23(16-19-9-11-21(28)17-22(19)24)25(24,2)13-12-20(27)10-8-18-6-4-5-7-18;1-4-20-9-10-21(13-19(23)7-8-19)17(18(20,2)3)11-14-5-6-15(22)12-16(14)20/h9,11,17-18,23,28H,4-8,10,12-16H2,1-3H3;5-6,12,17,22-23H,4,7-11,13H2,1-3H3/t23?,24-,25-;17?,20-/m11/s1. The highest BCUT2D eigenvalue weighted by Gasteiger charge is 2.59. The largest absolute Gasteiger partial charge is 0.508 e. The molecule has 6 aliphatic rings. The molecule has 4 fully saturated rings. The average molecular weight is 699 g/mol. The quantitative estimate of drug-likeness (QED) is 0.244. The first-order valence-corrected chi connectivity index (χ1v) is 20.5. The van der Waals surface area contributed by atoms with E-state index in [0.29, 0.717) is 35.8 Å². The number of carbonyl (C=O) groups is 1. The molecule has 2 saturated carbocycles. The molecule has 2 saturated heterocycles. The Morgan fingerprint density at radius 1 is 0.824 bits per heavy atom. The molecule has 2 unspecified atom stereocenters. The molecule has 0 aromatic heterocycles. The van der Waals surface area contributed by atoms with E-state index in [9.17, 15) is 20.1 Å². The van der Waals surface area contributed by atoms with Crippen molar-refractivity contribution in [2.24, 2.45) is 16.7 Å². The summed E-state index contributed by atoms with van der Waals surface area (Å²) in [5, 5.41) is 30.6. The van der Waals surface area contributed by atoms with Crippen LogP contribution in [0.1, 0.15) is 140 Å². The molecule has 2 aromatic carbocycles. The molecule has 2 aliphatic heterocycles. The maximum absolute atomic E-state index is 12.7. The second kappa shape index (κ2) is 13.5. The fourth-order valence-electron chi connectivity index (χ4n) is 12.2. The average Bonchev–Trinajstić information content (AvgIpc) is 3.57. The number of hydrogen-bond acceptors (Lipinski definition) is 6. The van der Waals surface area contributed by atoms with Gasteiger partial charge in [-0.3, -0.25) is 9.69 Å². The number of likely N-dealkylation sites (tertiary alicyclic amines) is 2. The highest BCUT2D eigenvalue weighted by molar-refractivity contribution is 5.78. The lowest BCUT2D eigenvalue weighted by Gasteiger charge is -2.62. The Kier molecular flexibility index (Phi) is 9.75. The topological polar surface area (TPSA) is 84.2 Å². The molecule has 0 radical (unpaired) electrons. The molecule has 0 spiro atoms. The lowest BCUT2D eigenvalue weighted by Crippen LogP contribution is -2.65. The second-order valence-corrected chi connectivity index (χ2v) is 18.9. The third-order valence-corrected chi connectivity index (χ3v) is 16.1. The fourth-order valence-corrected chi connectivity index (χ4v) is 12.2. The number of hydrogen-bond donors (Lipinski definition) is 3. The number of phenolic OH excluding ortho intramolecular Hbond substituents is 2. The first-order chi connectivity index (χ1) is 24.1. The first-order valence-electron chi connectivity index (χ1n) is 20.5. The van der Waals surface area contributed by atoms with E-state index in [0.717, 1.165) is 89.8 Å². The van der Waals surface area contributed by atoms with Gasteiger partial charge in [0, 0.05) is 42.3 Å². The van der Waals surface area contributed by atoms with E-state index in [-0.39, 0.29) is 21.7 Å². The van der Waals surface area contributed by atoms with Gasteiger partial charge in [0.15, 0.2) is 0 Å². The van der Waals surface area contributed by atoms with Gasteiger partial charge in [0.1, 0.15) is 17.3 Å². The van der Waals surface area contributed by atoms with Crippen LogP contribution in [-0.2, 0) is 28.5 Å². The summed E-state index contributed by atoms with van der Waals surface area (Å²) >= 11 is 0. The van der Waals surface area contributed by atoms with Crippen LogP contribution in [0.5, 0.6) is 11.5 Å². The van der Waals surface area contributed by atoms with Crippen molar-refractivity contribution < 1.29 is 20.1 Å². The number of piperidine rings is 2. The predicted molar refractivity (Wildman–Crippen MR) is 205 cm³/mol. The van der Waals surface area contributed by atoms with Crippen LogP contribution >= 0.6 is 0 Å². The summed E-state index contributed by atoms with van der Waals surface area (Å²) in [6.07, 6.45) is 16.2. The van der Waals surface area contributed by atoms with Gasteiger partial charge in [0.25, 0.3) is 0 Å². The Labute approximate surface area is 308 Å². The third kappa shape index (κ3) is 6.37. The molecular weight excluding hydrogens is 633 g/mol. The molecule has 6 nitrogen and oxygen atoms in total. The number of likely N-dealkylation sites (N-methyl/N-ethyl adjacent to an activating group) is 1. The summed E-state index contributed by atoms with van der Waals surface area (Å²) in [6, 6.07) is 12.8. The van der Waals surface area contributed by atoms with Crippen LogP contribution in [0.15, 0.2) is 36.4 Å². The van der Waals surface area contributed by atoms with Crippen LogP contribution < -0.4 is 0 Å². The summed E-state index contributed by atoms with van der Waals surface area (Å²) in [4.78, 5) is 17.8. The molecule has 51 heavy (non-hydrogen) atoms. The molecule has 4 bridgehead atoms. The molecule has 3 N–H and O–H groups in total. The van der Waals surface area contributed by atoms with E-state index in [1.165, 1.54) is 47.9 Å². The summed E-state index contributed by atoms with van der Waals surface area (Å²) in [6.45, 7) is 14.9. The zero-order valence-electron chi connectivity index (χ0n) is 32.6. The number of β-amino-alcohol motifs (C(OH)–C–C–N with tert-alkyl or cyclic N) is 1. The van der Waals surface area contributed by atoms with E-state index in [4.69, 9.17) is 0 Å². The van der Waals surface area contributed by atoms with E-state index < -0.39 is 5.60 Å². The summed E-state index contributed by atoms with van der Waals surface area (Å²) in [5.74, 6) is 2.01. The van der Waals surface area contributed by atoms with Crippen LogP contribution in [-0.4, -0.2) is 75.3 Å². The number of benzene rings is 2. The first kappa shape index (κ1) is 36.9. The van der Waals surface area contributed by atoms with Crippen molar-refractivity contribution in [1.29, 1.82) is 0 Å². The molecule has 5 atom stereocenters. The van der Waals surface area contributed by atoms with E-state index in [2.05, 4.69) is 63.6 Å². The molecule has 280 valence electrons. The lowest BCUT2D eigenvalue weighted by atomic mass is 9.49. The van der Waals surface area contributed by atoms with Gasteiger partial charge in [-0.2, -0.15) is 0 Å². The second-order valence-electron chi connectivity index (χ2n) is 18.9. The molecule has 4 aliphatic carbocycles. The minimum absolute atomic E-state index is 0.0161. The van der Waals surface area contributed by atoms with E-state index in [1.54, 1.807) is 0 Å². The van der Waals surface area contributed by atoms with E-state index >= 15 is 0 Å². The van der Waals surface area contributed by atoms with Crippen molar-refractivity contribution in [1.82, 2.24) is 9.80 Å². The van der Waals surface area contributed by atoms with Gasteiger partial charge in [-0.1, -0.05) is 72.4 Å². The number of aliphatic hydroxyl groups is 1. The maximum atomic E-state index is 12.7. The molecule has 6 heteroatoms. The number of fused-ring (bicyclic) bond motifs is 8. The van der Waals surface area contributed by atoms with Gasteiger partial charge in [0.05, 0.1) is 5.60 Å². The molecule has 2 aromatic rings. The molecule has 8 rings (SSSR count). The van der Waals surface area contributed by atoms with Gasteiger partial charge in [-0.25, -0.2) is 0 Å². The number of rotatable bonds is 9. The van der Waals surface area contributed by atoms with Gasteiger partial charge < -0.3 is 20.2 Å². The van der Waals surface area contributed by atoms with Gasteiger partial charge in [-0.05, 0) is 141 Å². The number of ketones is 1. The number of phenols is 2. The summed E-state index contributed by atoms with van der Waals surface area (Å²) in [7, 11) is 2.25. The summed E-state index contributed by atoms with van der Waals surface area (Å²) < 4.78 is 0. The van der Waals surface area contributed by atoms with Crippen molar-refractivity contribution in [3.05, 3.63) is 58.7 Å². The van der Waals surface area contributed by atoms with Crippen LogP contribution in [0.2, 0.25) is 0 Å². The Hall–Kier alpha value is -2.41. The van der Waals surface area contributed by atoms with Crippen LogP contribution in [0.4, 0.5) is 0 Å². The Bertz CT molecular complexity index is 1610. The van der Waals surface area contributed by atoms with Gasteiger partial charge in [0.2, 0.25) is 0 Å². The van der Waals surface area contributed by atoms with Gasteiger partial charge in [-0.15, -0.1) is 0 Å². The minimum Gasteiger partial charge on any atom is -0.508 e. The van der Waals surface area contributed by atoms with Crippen LogP contribution in [0.25, 0.3) is 0 Å². The normalized spacial score (nSPS) is 33.5. The van der Waals surface area contributed by atoms with Crippen molar-refractivity contribution in [3.8, 4) is 11.5 Å². The third-order valence-electron chi connectivity index (χ3n) is 16.1. The molecule has 0 amide bonds. The lowest BCUT2D eigenvalue weighted by molar-refractivity contribution is -0.121. The van der Waals surface area contributed by atoms with Crippen molar-refractivity contribution in [2.75, 3.05) is 26.7 Å². The highest BCUT2D eigenvalue weighted by atomic mass is 16.3. The Balaban J connectivity index is 0.000000162. The Morgan fingerprint density at radius 3 is 2.10 bits per heavy atom. The highest BCUT2D eigenvalue weighted by Crippen LogP contribution is 2.60. The smallest absolute Gasteiger partial charge is 0.132 e. The number of aromatic hydroxyl groups is 2. The summed E-state index contributed by atoms with van der Waals surface area (Å²) in [5.41, 5.74) is 5.38. The minimum atomic E-state index is -0.419. The zero-order chi connectivity index (χ0) is 36.4. The number of nitrogens with zero attached hydrogens (tertiary/aromatic N) is 2. The zero-order valence-corrected chi connectivity index (χ0v) is 32.6. The fraction of sp³-hybridized carbons (Fsp3) is 0.711. The maximum Gasteiger partial charge on any atom is 0.132 e. The van der Waals surface area contributed by atoms with Crippen LogP contribution in [0, 0.1) is 16.7 Å². The number of carbonyl (C=O) groups excluding carboxylic acids is 1. The number of Topliss-reactive ketones (excluding diaryl/α,β-unsaturated/α-hetero) is 1. The molecule has 2 heterocycles. The monoisotopic (exact) mass is 699 g/mol. The van der Waals surface area contributed by atoms with Crippen molar-refractivity contribution >= 4 is 5.78 Å². The molecular formula is C45H66N2O4. The van der Waals surface area contributed by atoms with E-state index in [1.807, 2.05) is 24.3 Å². The van der Waals surface area contributed by atoms with Gasteiger partial charge >= 0.3 is 0 Å². The Morgan fingerprint density at radius 2 is 1.45 bits per heavy atom. The van der Waals surface area contributed by atoms with Crippen molar-refractivity contribution in [2.45, 2.75) is 159 Å². The van der Waals surface area contributed by atoms with Crippen molar-refractivity contribution in [3.63, 3.8) is 0 Å². The predicted octanol–water partition coefficient (Wildman–Crippen LogP) is 8.46. The SMILES string of the molecule is CC[C@@]12CCN(CC3(O)CC3)C(Cc3ccc(O)cc31)C2(C)C.CN1CC[C@]2(C)c3cc(O)ccc3CC1[C@@]2(C)CCC(=O)CCC1CCCC1.